The molecule has 0 saturated carbocycles. The number of aromatic amines is 2. The molecule has 4 N–H and O–H groups in total. The topological polar surface area (TPSA) is 175 Å². The van der Waals surface area contributed by atoms with Crippen molar-refractivity contribution >= 4 is 34.8 Å². The minimum atomic E-state index is -0.699. The highest BCUT2D eigenvalue weighted by Gasteiger charge is 2.39. The van der Waals surface area contributed by atoms with Crippen LogP contribution in [0.5, 0.6) is 0 Å². The number of fused-ring (bicyclic) bond motifs is 1. The Morgan fingerprint density at radius 3 is 1.85 bits per heavy atom. The Morgan fingerprint density at radius 2 is 1.28 bits per heavy atom. The lowest BCUT2D eigenvalue weighted by atomic mass is 10.0. The average Bonchev–Trinajstić information content (AvgIpc) is 4.00. The lowest BCUT2D eigenvalue weighted by Crippen LogP contribution is -2.51. The van der Waals surface area contributed by atoms with Crippen LogP contribution in [0.15, 0.2) is 48.8 Å². The van der Waals surface area contributed by atoms with Crippen LogP contribution < -0.4 is 10.6 Å². The van der Waals surface area contributed by atoms with Crippen LogP contribution in [-0.4, -0.2) is 93.1 Å². The summed E-state index contributed by atoms with van der Waals surface area (Å²) in [6.45, 7) is 8.73. The van der Waals surface area contributed by atoms with Crippen molar-refractivity contribution in [2.45, 2.75) is 77.5 Å². The van der Waals surface area contributed by atoms with E-state index in [1.807, 2.05) is 58.0 Å². The van der Waals surface area contributed by atoms with Gasteiger partial charge in [-0.05, 0) is 72.4 Å². The molecular formula is C40H48N8O6. The third-order valence-corrected chi connectivity index (χ3v) is 10.2. The van der Waals surface area contributed by atoms with Gasteiger partial charge in [-0.3, -0.25) is 9.59 Å². The molecule has 4 aromatic rings. The fourth-order valence-electron chi connectivity index (χ4n) is 7.24. The first-order valence-electron chi connectivity index (χ1n) is 18.4. The van der Waals surface area contributed by atoms with Crippen molar-refractivity contribution in [3.63, 3.8) is 0 Å². The van der Waals surface area contributed by atoms with Gasteiger partial charge in [0, 0.05) is 24.2 Å². The monoisotopic (exact) mass is 736 g/mol. The van der Waals surface area contributed by atoms with Crippen molar-refractivity contribution in [2.24, 2.45) is 11.8 Å². The van der Waals surface area contributed by atoms with Gasteiger partial charge in [0.2, 0.25) is 11.8 Å². The summed E-state index contributed by atoms with van der Waals surface area (Å²) in [7, 11) is 2.57. The number of carbonyl (C=O) groups is 4. The fourth-order valence-corrected chi connectivity index (χ4v) is 7.24. The Morgan fingerprint density at radius 1 is 0.741 bits per heavy atom. The van der Waals surface area contributed by atoms with Gasteiger partial charge >= 0.3 is 12.2 Å². The van der Waals surface area contributed by atoms with Crippen molar-refractivity contribution < 1.29 is 28.7 Å². The molecule has 4 unspecified atom stereocenters. The van der Waals surface area contributed by atoms with E-state index in [4.69, 9.17) is 9.47 Å². The zero-order valence-corrected chi connectivity index (χ0v) is 31.6. The number of hydrogen-bond donors (Lipinski definition) is 4. The molecule has 4 atom stereocenters. The van der Waals surface area contributed by atoms with Gasteiger partial charge < -0.3 is 39.9 Å². The minimum Gasteiger partial charge on any atom is -0.453 e. The number of H-pyrrole nitrogens is 2. The molecule has 4 heterocycles. The smallest absolute Gasteiger partial charge is 0.407 e. The highest BCUT2D eigenvalue weighted by molar-refractivity contribution is 5.89. The largest absolute Gasteiger partial charge is 0.453 e. The average molecular weight is 737 g/mol. The maximum Gasteiger partial charge on any atom is 0.407 e. The number of methoxy groups -OCH3 is 2. The Balaban J connectivity index is 1.13. The second-order valence-electron chi connectivity index (χ2n) is 14.5. The summed E-state index contributed by atoms with van der Waals surface area (Å²) < 4.78 is 9.49. The molecule has 2 saturated heterocycles. The highest BCUT2D eigenvalue weighted by Crippen LogP contribution is 2.34. The first-order chi connectivity index (χ1) is 26.0. The number of nitrogens with zero attached hydrogens (tertiary/aromatic N) is 4. The molecule has 2 aromatic heterocycles. The Labute approximate surface area is 314 Å². The van der Waals surface area contributed by atoms with Gasteiger partial charge in [0.1, 0.15) is 29.4 Å². The van der Waals surface area contributed by atoms with Crippen molar-refractivity contribution in [1.82, 2.24) is 40.4 Å². The summed E-state index contributed by atoms with van der Waals surface area (Å²) in [6.07, 6.45) is 5.43. The third kappa shape index (κ3) is 8.20. The number of amides is 4. The highest BCUT2D eigenvalue weighted by atomic mass is 16.5. The van der Waals surface area contributed by atoms with E-state index in [9.17, 15) is 19.2 Å². The first kappa shape index (κ1) is 37.9. The first-order valence-corrected chi connectivity index (χ1v) is 18.4. The van der Waals surface area contributed by atoms with Crippen LogP contribution in [0.1, 0.15) is 88.4 Å². The third-order valence-electron chi connectivity index (χ3n) is 10.2. The van der Waals surface area contributed by atoms with Gasteiger partial charge in [-0.1, -0.05) is 51.8 Å². The number of carbonyl (C=O) groups excluding carboxylic acids is 4. The number of nitrogens with one attached hydrogen (secondary N) is 4. The molecule has 4 amide bonds. The summed E-state index contributed by atoms with van der Waals surface area (Å²) in [5.74, 6) is 7.27. The summed E-state index contributed by atoms with van der Waals surface area (Å²) in [5.41, 5.74) is 3.30. The number of alkyl carbamates (subject to hydrolysis) is 2. The van der Waals surface area contributed by atoms with Crippen molar-refractivity contribution in [1.29, 1.82) is 0 Å². The van der Waals surface area contributed by atoms with Crippen LogP contribution in [0.4, 0.5) is 9.59 Å². The van der Waals surface area contributed by atoms with E-state index in [0.29, 0.717) is 30.4 Å². The number of ether oxygens (including phenoxy) is 2. The zero-order valence-electron chi connectivity index (χ0n) is 31.6. The molecule has 14 nitrogen and oxygen atoms in total. The number of likely N-dealkylation sites (tertiary alicyclic amines) is 2. The fraction of sp³-hybridized carbons (Fsp3) is 0.450. The molecule has 0 spiro atoms. The molecule has 54 heavy (non-hydrogen) atoms. The van der Waals surface area contributed by atoms with Gasteiger partial charge in [0.05, 0.1) is 44.4 Å². The van der Waals surface area contributed by atoms with E-state index in [-0.39, 0.29) is 35.7 Å². The normalized spacial score (nSPS) is 18.0. The van der Waals surface area contributed by atoms with Gasteiger partial charge in [0.15, 0.2) is 0 Å². The molecule has 14 heteroatoms. The SMILES string of the molecule is COC(=O)NC(C(=O)N1CCCC1c1ncc(C#Cc2ccc3cc(-c4cnc(C5CCCN5C(=O)C(NC(=O)OC)C(C)C)[nH]4)ccc3c2)[nH]1)C(C)C. The van der Waals surface area contributed by atoms with Crippen molar-refractivity contribution in [3.8, 4) is 23.1 Å². The van der Waals surface area contributed by atoms with Crippen LogP contribution in [0.3, 0.4) is 0 Å². The molecule has 2 fully saturated rings. The van der Waals surface area contributed by atoms with Crippen LogP contribution in [-0.2, 0) is 19.1 Å². The Hall–Kier alpha value is -5.84. The number of hydrogen-bond acceptors (Lipinski definition) is 8. The summed E-state index contributed by atoms with van der Waals surface area (Å²) in [4.78, 5) is 70.4. The lowest BCUT2D eigenvalue weighted by molar-refractivity contribution is -0.136. The molecule has 2 aliphatic rings. The zero-order chi connectivity index (χ0) is 38.5. The summed E-state index contributed by atoms with van der Waals surface area (Å²) in [6, 6.07) is 10.4. The molecule has 0 bridgehead atoms. The number of aromatic nitrogens is 4. The van der Waals surface area contributed by atoms with Gasteiger partial charge in [-0.2, -0.15) is 0 Å². The molecular weight excluding hydrogens is 688 g/mol. The van der Waals surface area contributed by atoms with Crippen LogP contribution >= 0.6 is 0 Å². The molecule has 6 rings (SSSR count). The number of rotatable bonds is 9. The molecule has 2 aliphatic heterocycles. The van der Waals surface area contributed by atoms with Gasteiger partial charge in [-0.25, -0.2) is 19.6 Å². The summed E-state index contributed by atoms with van der Waals surface area (Å²) in [5, 5.41) is 7.43. The molecule has 0 radical (unpaired) electrons. The van der Waals surface area contributed by atoms with Gasteiger partial charge in [-0.15, -0.1) is 0 Å². The number of imidazole rings is 2. The standard InChI is InChI=1S/C40H48N8O6/c1-23(2)33(45-39(51)53-5)37(49)47-17-7-9-31(47)35-41-21-29(43-35)16-12-25-11-13-27-20-28(15-14-26(27)19-25)30-22-42-36(44-30)32-10-8-18-48(32)38(50)34(24(3)4)46-40(52)54-6/h11,13-15,19-24,31-34H,7-10,17-18H2,1-6H3,(H,41,43)(H,42,44)(H,45,51)(H,46,52). The molecule has 0 aliphatic carbocycles. The Kier molecular flexibility index (Phi) is 11.5. The second kappa shape index (κ2) is 16.4. The minimum absolute atomic E-state index is 0.109. The maximum absolute atomic E-state index is 13.5. The van der Waals surface area contributed by atoms with E-state index in [1.54, 1.807) is 22.2 Å². The number of benzene rings is 2. The summed E-state index contributed by atoms with van der Waals surface area (Å²) >= 11 is 0. The van der Waals surface area contributed by atoms with E-state index >= 15 is 0 Å². The van der Waals surface area contributed by atoms with E-state index in [2.05, 4.69) is 48.5 Å². The van der Waals surface area contributed by atoms with Crippen molar-refractivity contribution in [3.05, 3.63) is 71.7 Å². The second-order valence-corrected chi connectivity index (χ2v) is 14.5. The van der Waals surface area contributed by atoms with E-state index in [1.165, 1.54) is 14.2 Å². The van der Waals surface area contributed by atoms with Crippen LogP contribution in [0.25, 0.3) is 22.0 Å². The van der Waals surface area contributed by atoms with Crippen LogP contribution in [0, 0.1) is 23.7 Å². The Bertz CT molecular complexity index is 2080. The van der Waals surface area contributed by atoms with Gasteiger partial charge in [0.25, 0.3) is 0 Å². The predicted molar refractivity (Wildman–Crippen MR) is 202 cm³/mol. The van der Waals surface area contributed by atoms with E-state index in [0.717, 1.165) is 53.3 Å². The molecule has 284 valence electrons. The maximum atomic E-state index is 13.5. The quantitative estimate of drug-likeness (QED) is 0.164. The lowest BCUT2D eigenvalue weighted by Gasteiger charge is -2.30. The predicted octanol–water partition coefficient (Wildman–Crippen LogP) is 5.44. The van der Waals surface area contributed by atoms with Crippen molar-refractivity contribution in [2.75, 3.05) is 27.3 Å². The van der Waals surface area contributed by atoms with Crippen LogP contribution in [0.2, 0.25) is 0 Å². The molecule has 2 aromatic carbocycles. The van der Waals surface area contributed by atoms with E-state index < -0.39 is 24.3 Å².